The topological polar surface area (TPSA) is 35.8 Å². The zero-order valence-electron chi connectivity index (χ0n) is 17.4. The third-order valence-electron chi connectivity index (χ3n) is 6.70. The SMILES string of the molecule is OC(N=C1C2CCN(CC2)C1C(c1ccccc1)c1ccccc1)c1cccc(F)c1. The normalized spacial score (nSPS) is 25.1. The van der Waals surface area contributed by atoms with Crippen LogP contribution < -0.4 is 0 Å². The average Bonchev–Trinajstić information content (AvgIpc) is 2.82. The van der Waals surface area contributed by atoms with Crippen molar-refractivity contribution in [3.63, 3.8) is 0 Å². The molecule has 2 atom stereocenters. The number of halogens is 1. The molecule has 0 aliphatic carbocycles. The van der Waals surface area contributed by atoms with E-state index in [9.17, 15) is 9.50 Å². The highest BCUT2D eigenvalue weighted by molar-refractivity contribution is 5.94. The number of hydrogen-bond donors (Lipinski definition) is 1. The second-order valence-corrected chi connectivity index (χ2v) is 8.54. The van der Waals surface area contributed by atoms with Gasteiger partial charge >= 0.3 is 0 Å². The minimum absolute atomic E-state index is 0.0838. The van der Waals surface area contributed by atoms with Crippen LogP contribution in [0.5, 0.6) is 0 Å². The monoisotopic (exact) mass is 414 g/mol. The van der Waals surface area contributed by atoms with E-state index in [0.29, 0.717) is 11.5 Å². The largest absolute Gasteiger partial charge is 0.368 e. The molecule has 6 rings (SSSR count). The Hall–Kier alpha value is -2.82. The van der Waals surface area contributed by atoms with Gasteiger partial charge in [0.2, 0.25) is 0 Å². The molecule has 2 unspecified atom stereocenters. The molecule has 3 aromatic rings. The van der Waals surface area contributed by atoms with Gasteiger partial charge in [-0.3, -0.25) is 9.89 Å². The Kier molecular flexibility index (Phi) is 5.66. The molecule has 0 aromatic heterocycles. The second-order valence-electron chi connectivity index (χ2n) is 8.54. The lowest BCUT2D eigenvalue weighted by Gasteiger charge is -2.50. The summed E-state index contributed by atoms with van der Waals surface area (Å²) in [5, 5.41) is 10.9. The Balaban J connectivity index is 1.60. The summed E-state index contributed by atoms with van der Waals surface area (Å²) in [5.41, 5.74) is 4.05. The number of aliphatic imine (C=N–C) groups is 1. The van der Waals surface area contributed by atoms with Crippen molar-refractivity contribution in [3.8, 4) is 0 Å². The van der Waals surface area contributed by atoms with Gasteiger partial charge in [0.05, 0.1) is 6.04 Å². The highest BCUT2D eigenvalue weighted by Crippen LogP contribution is 2.41. The Bertz CT molecular complexity index is 1010. The summed E-state index contributed by atoms with van der Waals surface area (Å²) in [6, 6.07) is 27.4. The highest BCUT2D eigenvalue weighted by Gasteiger charge is 2.44. The summed E-state index contributed by atoms with van der Waals surface area (Å²) >= 11 is 0. The number of piperidine rings is 3. The zero-order valence-corrected chi connectivity index (χ0v) is 17.4. The first-order valence-corrected chi connectivity index (χ1v) is 11.1. The molecule has 3 saturated heterocycles. The van der Waals surface area contributed by atoms with Crippen LogP contribution in [0.3, 0.4) is 0 Å². The van der Waals surface area contributed by atoms with Gasteiger partial charge in [-0.2, -0.15) is 0 Å². The summed E-state index contributed by atoms with van der Waals surface area (Å²) in [4.78, 5) is 7.36. The van der Waals surface area contributed by atoms with Crippen LogP contribution in [-0.4, -0.2) is 34.8 Å². The summed E-state index contributed by atoms with van der Waals surface area (Å²) in [7, 11) is 0. The third-order valence-corrected chi connectivity index (χ3v) is 6.70. The van der Waals surface area contributed by atoms with Crippen LogP contribution in [0.25, 0.3) is 0 Å². The molecule has 3 nitrogen and oxygen atoms in total. The number of aliphatic hydroxyl groups excluding tert-OH is 1. The molecular weight excluding hydrogens is 387 g/mol. The minimum atomic E-state index is -1.05. The van der Waals surface area contributed by atoms with Crippen molar-refractivity contribution in [1.82, 2.24) is 4.90 Å². The quantitative estimate of drug-likeness (QED) is 0.624. The van der Waals surface area contributed by atoms with Gasteiger partial charge in [-0.25, -0.2) is 4.39 Å². The van der Waals surface area contributed by atoms with Crippen LogP contribution in [0.15, 0.2) is 89.9 Å². The highest BCUT2D eigenvalue weighted by atomic mass is 19.1. The molecule has 2 bridgehead atoms. The Labute approximate surface area is 182 Å². The first-order valence-electron chi connectivity index (χ1n) is 11.1. The smallest absolute Gasteiger partial charge is 0.171 e. The van der Waals surface area contributed by atoms with Gasteiger partial charge in [-0.05, 0) is 49.2 Å². The molecule has 3 aliphatic rings. The molecule has 158 valence electrons. The lowest BCUT2D eigenvalue weighted by molar-refractivity contribution is 0.128. The number of rotatable bonds is 5. The Morgan fingerprint density at radius 1 is 0.806 bits per heavy atom. The molecule has 3 aliphatic heterocycles. The molecule has 31 heavy (non-hydrogen) atoms. The van der Waals surface area contributed by atoms with E-state index in [1.165, 1.54) is 23.3 Å². The van der Waals surface area contributed by atoms with E-state index in [1.807, 2.05) is 12.1 Å². The van der Waals surface area contributed by atoms with Gasteiger partial charge in [-0.1, -0.05) is 72.8 Å². The number of nitrogens with zero attached hydrogens (tertiary/aromatic N) is 2. The molecule has 3 heterocycles. The van der Waals surface area contributed by atoms with Crippen LogP contribution in [0.1, 0.15) is 41.7 Å². The van der Waals surface area contributed by atoms with Crippen LogP contribution in [-0.2, 0) is 0 Å². The fraction of sp³-hybridized carbons (Fsp3) is 0.296. The summed E-state index contributed by atoms with van der Waals surface area (Å²) < 4.78 is 13.7. The lowest BCUT2D eigenvalue weighted by Crippen LogP contribution is -2.58. The molecule has 3 fully saturated rings. The van der Waals surface area contributed by atoms with Gasteiger partial charge < -0.3 is 5.11 Å². The molecule has 1 N–H and O–H groups in total. The van der Waals surface area contributed by atoms with Gasteiger partial charge in [0, 0.05) is 23.1 Å². The Morgan fingerprint density at radius 2 is 1.39 bits per heavy atom. The molecular formula is C27H27FN2O. The second kappa shape index (κ2) is 8.74. The number of fused-ring (bicyclic) bond motifs is 3. The maximum atomic E-state index is 13.7. The van der Waals surface area contributed by atoms with Crippen LogP contribution in [0.2, 0.25) is 0 Å². The first-order chi connectivity index (χ1) is 15.2. The summed E-state index contributed by atoms with van der Waals surface area (Å²) in [5.74, 6) is 0.130. The molecule has 0 spiro atoms. The number of benzene rings is 3. The maximum Gasteiger partial charge on any atom is 0.171 e. The van der Waals surface area contributed by atoms with Crippen LogP contribution in [0.4, 0.5) is 4.39 Å². The van der Waals surface area contributed by atoms with Crippen LogP contribution in [0, 0.1) is 11.7 Å². The van der Waals surface area contributed by atoms with E-state index >= 15 is 0 Å². The summed E-state index contributed by atoms with van der Waals surface area (Å²) in [6.45, 7) is 2.08. The van der Waals surface area contributed by atoms with E-state index in [4.69, 9.17) is 4.99 Å². The average molecular weight is 415 g/mol. The fourth-order valence-electron chi connectivity index (χ4n) is 5.23. The lowest BCUT2D eigenvalue weighted by atomic mass is 9.72. The van der Waals surface area contributed by atoms with Crippen LogP contribution >= 0.6 is 0 Å². The minimum Gasteiger partial charge on any atom is -0.368 e. The van der Waals surface area contributed by atoms with Crippen molar-refractivity contribution >= 4 is 5.71 Å². The fourth-order valence-corrected chi connectivity index (χ4v) is 5.23. The third kappa shape index (κ3) is 4.06. The van der Waals surface area contributed by atoms with E-state index < -0.39 is 6.23 Å². The molecule has 0 radical (unpaired) electrons. The van der Waals surface area contributed by atoms with Gasteiger partial charge in [0.1, 0.15) is 5.82 Å². The number of aliphatic hydroxyl groups is 1. The molecule has 3 aromatic carbocycles. The predicted octanol–water partition coefficient (Wildman–Crippen LogP) is 5.18. The van der Waals surface area contributed by atoms with Crippen molar-refractivity contribution in [3.05, 3.63) is 107 Å². The zero-order chi connectivity index (χ0) is 21.2. The van der Waals surface area contributed by atoms with Crippen molar-refractivity contribution in [2.45, 2.75) is 31.0 Å². The van der Waals surface area contributed by atoms with Crippen molar-refractivity contribution in [2.75, 3.05) is 13.1 Å². The number of hydrogen-bond acceptors (Lipinski definition) is 3. The van der Waals surface area contributed by atoms with E-state index in [0.717, 1.165) is 31.6 Å². The molecule has 0 amide bonds. The standard InChI is InChI=1S/C27H27FN2O/c28-23-13-7-12-22(18-23)27(31)29-25-21-14-16-30(17-15-21)26(25)24(19-8-3-1-4-9-19)20-10-5-2-6-11-20/h1-13,18,21,24,26-27,31H,14-17H2. The van der Waals surface area contributed by atoms with Gasteiger partial charge in [-0.15, -0.1) is 0 Å². The van der Waals surface area contributed by atoms with E-state index in [2.05, 4.69) is 53.4 Å². The molecule has 0 saturated carbocycles. The van der Waals surface area contributed by atoms with Crippen molar-refractivity contribution < 1.29 is 9.50 Å². The van der Waals surface area contributed by atoms with E-state index in [1.54, 1.807) is 12.1 Å². The van der Waals surface area contributed by atoms with Crippen molar-refractivity contribution in [2.24, 2.45) is 10.9 Å². The van der Waals surface area contributed by atoms with E-state index in [-0.39, 0.29) is 17.8 Å². The predicted molar refractivity (Wildman–Crippen MR) is 122 cm³/mol. The van der Waals surface area contributed by atoms with Crippen molar-refractivity contribution in [1.29, 1.82) is 0 Å². The first kappa shape index (κ1) is 20.1. The van der Waals surface area contributed by atoms with Gasteiger partial charge in [0.15, 0.2) is 6.23 Å². The molecule has 4 heteroatoms. The summed E-state index contributed by atoms with van der Waals surface area (Å²) in [6.07, 6.45) is 1.06. The Morgan fingerprint density at radius 3 is 1.97 bits per heavy atom. The van der Waals surface area contributed by atoms with Gasteiger partial charge in [0.25, 0.3) is 0 Å². The maximum absolute atomic E-state index is 13.7.